The van der Waals surface area contributed by atoms with E-state index in [9.17, 15) is 34.2 Å². The van der Waals surface area contributed by atoms with Crippen molar-refractivity contribution < 1.29 is 38.9 Å². The Kier molecular flexibility index (Phi) is 10.7. The van der Waals surface area contributed by atoms with Crippen LogP contribution in [-0.4, -0.2) is 63.8 Å². The Bertz CT molecular complexity index is 1810. The van der Waals surface area contributed by atoms with E-state index in [1.54, 1.807) is 13.8 Å². The minimum atomic E-state index is -1.20. The number of ketones is 2. The van der Waals surface area contributed by atoms with E-state index in [-0.39, 0.29) is 88.4 Å². The van der Waals surface area contributed by atoms with Crippen LogP contribution in [0, 0.1) is 55.7 Å². The highest BCUT2D eigenvalue weighted by Crippen LogP contribution is 2.81. The number of carboxylic acid groups (broad SMARTS) is 1. The van der Waals surface area contributed by atoms with Gasteiger partial charge in [0.25, 0.3) is 0 Å². The fraction of sp³-hybridized carbons (Fsp3) is 0.723. The maximum absolute atomic E-state index is 14.9. The molecular formula is C47H67NO8. The number of aliphatic hydroxyl groups excluding tert-OH is 1. The number of amides is 1. The first-order chi connectivity index (χ1) is 26.0. The molecule has 5 aliphatic carbocycles. The number of rotatable bonds is 11. The summed E-state index contributed by atoms with van der Waals surface area (Å²) in [6.45, 7) is 21.0. The normalized spacial score (nSPS) is 36.2. The van der Waals surface area contributed by atoms with Gasteiger partial charge in [-0.2, -0.15) is 0 Å². The lowest BCUT2D eigenvalue weighted by Crippen LogP contribution is -2.70. The van der Waals surface area contributed by atoms with E-state index in [0.717, 1.165) is 55.2 Å². The number of ether oxygens (including phenoxy) is 1. The maximum Gasteiger partial charge on any atom is 0.309 e. The van der Waals surface area contributed by atoms with Gasteiger partial charge in [-0.05, 0) is 121 Å². The average Bonchev–Trinajstić information content (AvgIpc) is 3.43. The van der Waals surface area contributed by atoms with Gasteiger partial charge < -0.3 is 19.8 Å². The van der Waals surface area contributed by atoms with E-state index in [1.165, 1.54) is 4.90 Å². The van der Waals surface area contributed by atoms with Crippen LogP contribution in [0.5, 0.6) is 0 Å². The van der Waals surface area contributed by atoms with Gasteiger partial charge in [0, 0.05) is 18.4 Å². The number of allylic oxidation sites excluding steroid dienone is 2. The van der Waals surface area contributed by atoms with Crippen LogP contribution in [0.2, 0.25) is 0 Å². The molecule has 6 rings (SSSR count). The number of nitrogens with zero attached hydrogens (tertiary/aromatic N) is 1. The largest absolute Gasteiger partial charge is 0.481 e. The van der Waals surface area contributed by atoms with Crippen molar-refractivity contribution in [2.24, 2.45) is 55.7 Å². The topological polar surface area (TPSA) is 138 Å². The molecular weight excluding hydrogens is 707 g/mol. The lowest BCUT2D eigenvalue weighted by Gasteiger charge is -2.76. The first-order valence-electron chi connectivity index (χ1n) is 21.1. The highest BCUT2D eigenvalue weighted by Gasteiger charge is 2.75. The Morgan fingerprint density at radius 3 is 2.11 bits per heavy atom. The van der Waals surface area contributed by atoms with Gasteiger partial charge in [0.2, 0.25) is 5.91 Å². The summed E-state index contributed by atoms with van der Waals surface area (Å²) in [5.41, 5.74) is -0.232. The Labute approximate surface area is 334 Å². The van der Waals surface area contributed by atoms with Crippen molar-refractivity contribution >= 4 is 29.4 Å². The minimum absolute atomic E-state index is 0.0387. The molecule has 308 valence electrons. The number of hydrogen-bond acceptors (Lipinski definition) is 7. The summed E-state index contributed by atoms with van der Waals surface area (Å²) in [6.07, 6.45) is 6.39. The standard InChI is InChI=1S/C47H67NO8/c1-29(2)38-32(50)24-47(34(51)27-48(36(52)28-49)26-30-14-12-11-13-15-30)23-22-43(7)31(39(38)47)16-20-46(10)44(8)19-18-35(56-37(53)25-41(3,4)40(54)55)42(5,6)33(44)17-21-45(43,46)9/h11-15,29,31,33,35,49H,16-28H2,1-10H3,(H,54,55). The monoisotopic (exact) mass is 773 g/mol. The Morgan fingerprint density at radius 1 is 0.875 bits per heavy atom. The molecule has 0 aromatic heterocycles. The number of aliphatic hydroxyl groups is 1. The molecule has 9 nitrogen and oxygen atoms in total. The van der Waals surface area contributed by atoms with Crippen LogP contribution in [0.15, 0.2) is 41.5 Å². The number of carbonyl (C=O) groups is 5. The molecule has 0 bridgehead atoms. The van der Waals surface area contributed by atoms with E-state index >= 15 is 0 Å². The highest BCUT2D eigenvalue weighted by molar-refractivity contribution is 6.08. The molecule has 8 atom stereocenters. The molecule has 0 spiro atoms. The number of benzene rings is 1. The van der Waals surface area contributed by atoms with Crippen molar-refractivity contribution in [3.8, 4) is 0 Å². The van der Waals surface area contributed by atoms with Gasteiger partial charge in [0.1, 0.15) is 12.7 Å². The highest BCUT2D eigenvalue weighted by atomic mass is 16.5. The lowest BCUT2D eigenvalue weighted by molar-refractivity contribution is -0.277. The zero-order valence-electron chi connectivity index (χ0n) is 35.7. The smallest absolute Gasteiger partial charge is 0.309 e. The van der Waals surface area contributed by atoms with Crippen molar-refractivity contribution in [1.29, 1.82) is 0 Å². The third-order valence-electron chi connectivity index (χ3n) is 17.4. The molecule has 2 N–H and O–H groups in total. The summed E-state index contributed by atoms with van der Waals surface area (Å²) >= 11 is 0. The first kappa shape index (κ1) is 42.3. The van der Waals surface area contributed by atoms with E-state index in [2.05, 4.69) is 55.4 Å². The van der Waals surface area contributed by atoms with Crippen molar-refractivity contribution in [1.82, 2.24) is 4.90 Å². The molecule has 1 aromatic rings. The van der Waals surface area contributed by atoms with Crippen molar-refractivity contribution in [2.45, 2.75) is 146 Å². The molecule has 9 heteroatoms. The lowest BCUT2D eigenvalue weighted by atomic mass is 9.28. The molecule has 0 heterocycles. The number of carboxylic acids is 1. The summed E-state index contributed by atoms with van der Waals surface area (Å²) in [5.74, 6) is -1.72. The molecule has 56 heavy (non-hydrogen) atoms. The predicted octanol–water partition coefficient (Wildman–Crippen LogP) is 8.36. The predicted molar refractivity (Wildman–Crippen MR) is 214 cm³/mol. The Morgan fingerprint density at radius 2 is 1.50 bits per heavy atom. The Balaban J connectivity index is 1.33. The van der Waals surface area contributed by atoms with Gasteiger partial charge in [-0.25, -0.2) is 0 Å². The number of fused-ring (bicyclic) bond motifs is 7. The van der Waals surface area contributed by atoms with Crippen LogP contribution in [0.3, 0.4) is 0 Å². The van der Waals surface area contributed by atoms with Crippen LogP contribution in [0.4, 0.5) is 0 Å². The molecule has 1 aromatic carbocycles. The SMILES string of the molecule is CC(C)C1=C2C3CCC4(C)C5(C)CCC(OC(=O)CC(C)(C)C(=O)O)C(C)(C)C5CCC4(C)C3(C)CCC2(C(=O)CN(Cc2ccccc2)C(=O)CO)CC1=O. The number of Topliss-reactive ketones (excluding diaryl/α,β-unsaturated/α-hetero) is 2. The first-order valence-corrected chi connectivity index (χ1v) is 21.1. The van der Waals surface area contributed by atoms with Crippen LogP contribution >= 0.6 is 0 Å². The maximum atomic E-state index is 14.9. The van der Waals surface area contributed by atoms with Crippen LogP contribution in [-0.2, 0) is 35.3 Å². The quantitative estimate of drug-likeness (QED) is 0.214. The number of hydrogen-bond donors (Lipinski definition) is 2. The second kappa shape index (κ2) is 14.2. The summed E-state index contributed by atoms with van der Waals surface area (Å²) in [4.78, 5) is 68.7. The van der Waals surface area contributed by atoms with Crippen LogP contribution in [0.1, 0.15) is 139 Å². The van der Waals surface area contributed by atoms with Crippen molar-refractivity contribution in [2.75, 3.05) is 13.2 Å². The number of aliphatic carboxylic acids is 1. The van der Waals surface area contributed by atoms with Crippen LogP contribution < -0.4 is 0 Å². The zero-order valence-corrected chi connectivity index (χ0v) is 35.7. The molecule has 8 unspecified atom stereocenters. The molecule has 0 saturated heterocycles. The van der Waals surface area contributed by atoms with Crippen LogP contribution in [0.25, 0.3) is 0 Å². The second-order valence-corrected chi connectivity index (χ2v) is 20.9. The van der Waals surface area contributed by atoms with Gasteiger partial charge in [-0.15, -0.1) is 0 Å². The van der Waals surface area contributed by atoms with Gasteiger partial charge in [-0.1, -0.05) is 85.7 Å². The fourth-order valence-corrected chi connectivity index (χ4v) is 13.7. The third kappa shape index (κ3) is 6.14. The van der Waals surface area contributed by atoms with Gasteiger partial charge >= 0.3 is 11.9 Å². The number of esters is 1. The van der Waals surface area contributed by atoms with Crippen molar-refractivity contribution in [3.05, 3.63) is 47.0 Å². The van der Waals surface area contributed by atoms with E-state index in [1.807, 2.05) is 30.3 Å². The minimum Gasteiger partial charge on any atom is -0.481 e. The van der Waals surface area contributed by atoms with Gasteiger partial charge in [0.05, 0.1) is 23.8 Å². The molecule has 4 fully saturated rings. The van der Waals surface area contributed by atoms with Gasteiger partial charge in [0.15, 0.2) is 11.6 Å². The molecule has 5 aliphatic rings. The zero-order chi connectivity index (χ0) is 41.4. The van der Waals surface area contributed by atoms with Crippen molar-refractivity contribution in [3.63, 3.8) is 0 Å². The fourth-order valence-electron chi connectivity index (χ4n) is 13.7. The summed E-state index contributed by atoms with van der Waals surface area (Å²) in [5, 5.41) is 19.6. The molecule has 0 radical (unpaired) electrons. The molecule has 4 saturated carbocycles. The summed E-state index contributed by atoms with van der Waals surface area (Å²) < 4.78 is 6.18. The molecule has 0 aliphatic heterocycles. The van der Waals surface area contributed by atoms with E-state index in [4.69, 9.17) is 4.74 Å². The van der Waals surface area contributed by atoms with E-state index < -0.39 is 35.3 Å². The average molecular weight is 774 g/mol. The second-order valence-electron chi connectivity index (χ2n) is 20.9. The summed E-state index contributed by atoms with van der Waals surface area (Å²) in [7, 11) is 0. The van der Waals surface area contributed by atoms with E-state index in [0.29, 0.717) is 12.8 Å². The number of carbonyl (C=O) groups excluding carboxylic acids is 4. The summed E-state index contributed by atoms with van der Waals surface area (Å²) in [6, 6.07) is 9.50. The Hall–Kier alpha value is -3.33. The molecule has 1 amide bonds. The third-order valence-corrected chi connectivity index (χ3v) is 17.4. The van der Waals surface area contributed by atoms with Gasteiger partial charge in [-0.3, -0.25) is 24.0 Å².